The van der Waals surface area contributed by atoms with E-state index in [-0.39, 0.29) is 18.8 Å². The van der Waals surface area contributed by atoms with Gasteiger partial charge in [-0.2, -0.15) is 0 Å². The molecule has 178 valence electrons. The number of hydrogen-bond acceptors (Lipinski definition) is 10. The third kappa shape index (κ3) is 4.46. The summed E-state index contributed by atoms with van der Waals surface area (Å²) in [6.45, 7) is 0.503. The molecule has 35 heavy (non-hydrogen) atoms. The van der Waals surface area contributed by atoms with Gasteiger partial charge in [0.15, 0.2) is 5.76 Å². The molecule has 11 heteroatoms. The summed E-state index contributed by atoms with van der Waals surface area (Å²) in [7, 11) is 1.63. The van der Waals surface area contributed by atoms with Crippen LogP contribution in [0.1, 0.15) is 17.7 Å². The molecule has 11 nitrogen and oxygen atoms in total. The predicted molar refractivity (Wildman–Crippen MR) is 125 cm³/mol. The summed E-state index contributed by atoms with van der Waals surface area (Å²) in [6.07, 6.45) is 4.08. The molecule has 1 atom stereocenters. The van der Waals surface area contributed by atoms with E-state index in [1.54, 1.807) is 43.7 Å². The van der Waals surface area contributed by atoms with Crippen LogP contribution < -0.4 is 5.32 Å². The Morgan fingerprint density at radius 1 is 1.09 bits per heavy atom. The number of carbonyl (C=O) groups is 1. The van der Waals surface area contributed by atoms with E-state index in [9.17, 15) is 9.90 Å². The molecule has 0 spiro atoms. The maximum absolute atomic E-state index is 12.4. The molecule has 1 amide bonds. The molecular weight excluding hydrogens is 450 g/mol. The normalized spacial score (nSPS) is 17.7. The van der Waals surface area contributed by atoms with Crippen molar-refractivity contribution >= 4 is 17.7 Å². The fraction of sp³-hybridized carbons (Fsp3) is 0.250. The van der Waals surface area contributed by atoms with Crippen molar-refractivity contribution in [2.75, 3.05) is 25.5 Å². The molecule has 5 rings (SSSR count). The number of aliphatic hydroxyl groups is 2. The van der Waals surface area contributed by atoms with Crippen molar-refractivity contribution in [3.63, 3.8) is 0 Å². The summed E-state index contributed by atoms with van der Waals surface area (Å²) in [4.78, 5) is 31.5. The Bertz CT molecular complexity index is 1360. The SMILES string of the molecule is CN1CC[C@@](O)(c2cc(-c3cccc(-c4ccnc(Nc5ccc(CCO)cn5)n4)n3)no2)C1=O. The minimum absolute atomic E-state index is 0.0671. The van der Waals surface area contributed by atoms with Crippen LogP contribution in [0.2, 0.25) is 0 Å². The molecule has 1 aliphatic heterocycles. The molecule has 1 fully saturated rings. The van der Waals surface area contributed by atoms with Crippen molar-refractivity contribution in [1.82, 2.24) is 30.0 Å². The van der Waals surface area contributed by atoms with Crippen LogP contribution in [0.3, 0.4) is 0 Å². The first-order valence-electron chi connectivity index (χ1n) is 11.0. The van der Waals surface area contributed by atoms with E-state index in [2.05, 4.69) is 30.4 Å². The van der Waals surface area contributed by atoms with Gasteiger partial charge in [0.05, 0.1) is 17.1 Å². The lowest BCUT2D eigenvalue weighted by atomic mass is 9.98. The Labute approximate surface area is 200 Å². The van der Waals surface area contributed by atoms with Crippen LogP contribution in [-0.4, -0.2) is 66.3 Å². The van der Waals surface area contributed by atoms with Gasteiger partial charge in [-0.3, -0.25) is 4.79 Å². The van der Waals surface area contributed by atoms with Crippen LogP contribution in [0, 0.1) is 0 Å². The zero-order chi connectivity index (χ0) is 24.4. The number of nitrogens with one attached hydrogen (secondary N) is 1. The zero-order valence-corrected chi connectivity index (χ0v) is 18.9. The number of rotatable bonds is 7. The molecule has 1 aliphatic rings. The third-order valence-corrected chi connectivity index (χ3v) is 5.82. The fourth-order valence-corrected chi connectivity index (χ4v) is 3.84. The highest BCUT2D eigenvalue weighted by atomic mass is 16.5. The molecule has 0 bridgehead atoms. The lowest BCUT2D eigenvalue weighted by Gasteiger charge is -2.16. The lowest BCUT2D eigenvalue weighted by molar-refractivity contribution is -0.144. The van der Waals surface area contributed by atoms with Gasteiger partial charge in [-0.15, -0.1) is 0 Å². The molecular formula is C24H23N7O4. The number of aromatic nitrogens is 5. The first kappa shape index (κ1) is 22.6. The summed E-state index contributed by atoms with van der Waals surface area (Å²) < 4.78 is 5.34. The average Bonchev–Trinajstić information content (AvgIpc) is 3.48. The standard InChI is InChI=1S/C24H23N7O4/c1-31-11-9-24(34,22(31)33)20-13-19(30-35-20)17-4-2-3-16(27-17)18-7-10-25-23(28-18)29-21-6-5-15(8-12-32)14-26-21/h2-7,10,13-14,32,34H,8-9,11-12H2,1H3,(H,25,26,28,29)/t24-/m1/s1. The number of likely N-dealkylation sites (N-methyl/N-ethyl adjacent to an activating group) is 1. The van der Waals surface area contributed by atoms with Crippen molar-refractivity contribution in [1.29, 1.82) is 0 Å². The Morgan fingerprint density at radius 3 is 2.60 bits per heavy atom. The first-order valence-corrected chi connectivity index (χ1v) is 11.0. The van der Waals surface area contributed by atoms with Crippen LogP contribution in [-0.2, 0) is 16.8 Å². The highest BCUT2D eigenvalue weighted by molar-refractivity contribution is 5.87. The van der Waals surface area contributed by atoms with Crippen LogP contribution in [0.5, 0.6) is 0 Å². The van der Waals surface area contributed by atoms with Gasteiger partial charge in [0.1, 0.15) is 11.5 Å². The topological polar surface area (TPSA) is 150 Å². The van der Waals surface area contributed by atoms with E-state index in [1.165, 1.54) is 4.90 Å². The second kappa shape index (κ2) is 9.20. The van der Waals surface area contributed by atoms with E-state index in [4.69, 9.17) is 9.63 Å². The first-order chi connectivity index (χ1) is 17.0. The van der Waals surface area contributed by atoms with Crippen LogP contribution >= 0.6 is 0 Å². The van der Waals surface area contributed by atoms with E-state index >= 15 is 0 Å². The van der Waals surface area contributed by atoms with Crippen molar-refractivity contribution in [3.8, 4) is 22.8 Å². The summed E-state index contributed by atoms with van der Waals surface area (Å²) in [5.74, 6) is 0.609. The number of anilines is 2. The monoisotopic (exact) mass is 473 g/mol. The summed E-state index contributed by atoms with van der Waals surface area (Å²) in [5, 5.41) is 26.9. The maximum Gasteiger partial charge on any atom is 0.262 e. The van der Waals surface area contributed by atoms with Gasteiger partial charge >= 0.3 is 0 Å². The van der Waals surface area contributed by atoms with Gasteiger partial charge in [-0.05, 0) is 36.2 Å². The zero-order valence-electron chi connectivity index (χ0n) is 18.9. The van der Waals surface area contributed by atoms with Gasteiger partial charge in [0.25, 0.3) is 5.91 Å². The van der Waals surface area contributed by atoms with Crippen LogP contribution in [0.15, 0.2) is 59.4 Å². The summed E-state index contributed by atoms with van der Waals surface area (Å²) >= 11 is 0. The van der Waals surface area contributed by atoms with Crippen molar-refractivity contribution in [2.24, 2.45) is 0 Å². The van der Waals surface area contributed by atoms with E-state index < -0.39 is 11.5 Å². The quantitative estimate of drug-likeness (QED) is 0.363. The second-order valence-electron chi connectivity index (χ2n) is 8.24. The maximum atomic E-state index is 12.4. The molecule has 1 saturated heterocycles. The minimum atomic E-state index is -1.71. The molecule has 0 aliphatic carbocycles. The fourth-order valence-electron chi connectivity index (χ4n) is 3.84. The lowest BCUT2D eigenvalue weighted by Crippen LogP contribution is -2.35. The van der Waals surface area contributed by atoms with Crippen molar-refractivity contribution < 1.29 is 19.5 Å². The predicted octanol–water partition coefficient (Wildman–Crippen LogP) is 1.92. The summed E-state index contributed by atoms with van der Waals surface area (Å²) in [5.41, 5.74) is 1.29. The Morgan fingerprint density at radius 2 is 1.89 bits per heavy atom. The minimum Gasteiger partial charge on any atom is -0.396 e. The van der Waals surface area contributed by atoms with E-state index in [0.29, 0.717) is 47.5 Å². The molecule has 4 aromatic rings. The van der Waals surface area contributed by atoms with Gasteiger partial charge in [-0.25, -0.2) is 19.9 Å². The largest absolute Gasteiger partial charge is 0.396 e. The molecule has 0 unspecified atom stereocenters. The summed E-state index contributed by atoms with van der Waals surface area (Å²) in [6, 6.07) is 12.3. The molecule has 3 N–H and O–H groups in total. The molecule has 0 aromatic carbocycles. The smallest absolute Gasteiger partial charge is 0.262 e. The molecule has 0 saturated carbocycles. The van der Waals surface area contributed by atoms with Gasteiger partial charge in [-0.1, -0.05) is 17.3 Å². The van der Waals surface area contributed by atoms with Gasteiger partial charge < -0.3 is 25.0 Å². The average molecular weight is 473 g/mol. The number of hydrogen-bond donors (Lipinski definition) is 3. The molecule has 5 heterocycles. The van der Waals surface area contributed by atoms with E-state index in [0.717, 1.165) is 5.56 Å². The number of carbonyl (C=O) groups excluding carboxylic acids is 1. The number of amides is 1. The third-order valence-electron chi connectivity index (χ3n) is 5.82. The highest BCUT2D eigenvalue weighted by Crippen LogP contribution is 2.34. The Kier molecular flexibility index (Phi) is 5.93. The number of pyridine rings is 2. The second-order valence-corrected chi connectivity index (χ2v) is 8.24. The van der Waals surface area contributed by atoms with Crippen molar-refractivity contribution in [2.45, 2.75) is 18.4 Å². The van der Waals surface area contributed by atoms with Crippen LogP contribution in [0.4, 0.5) is 11.8 Å². The van der Waals surface area contributed by atoms with Gasteiger partial charge in [0, 0.05) is 45.1 Å². The van der Waals surface area contributed by atoms with E-state index in [1.807, 2.05) is 18.2 Å². The number of aliphatic hydroxyl groups excluding tert-OH is 1. The van der Waals surface area contributed by atoms with Gasteiger partial charge in [0.2, 0.25) is 11.5 Å². The van der Waals surface area contributed by atoms with Crippen molar-refractivity contribution in [3.05, 3.63) is 66.2 Å². The Hall–Kier alpha value is -4.22. The molecule has 4 aromatic heterocycles. The van der Waals surface area contributed by atoms with Crippen LogP contribution in [0.25, 0.3) is 22.8 Å². The number of likely N-dealkylation sites (tertiary alicyclic amines) is 1. The highest BCUT2D eigenvalue weighted by Gasteiger charge is 2.48. The Balaban J connectivity index is 1.37. The molecule has 0 radical (unpaired) electrons. The number of nitrogens with zero attached hydrogens (tertiary/aromatic N) is 6.